The molecule has 0 unspecified atom stereocenters. The zero-order valence-corrected chi connectivity index (χ0v) is 18.0. The summed E-state index contributed by atoms with van der Waals surface area (Å²) in [5.74, 6) is 1.51. The summed E-state index contributed by atoms with van der Waals surface area (Å²) >= 11 is 1.42. The Balaban J connectivity index is 1.10. The third-order valence-electron chi connectivity index (χ3n) is 7.14. The Morgan fingerprint density at radius 1 is 1.13 bits per heavy atom. The van der Waals surface area contributed by atoms with Crippen LogP contribution in [0, 0.1) is 23.2 Å². The van der Waals surface area contributed by atoms with E-state index in [4.69, 9.17) is 0 Å². The molecule has 0 atom stereocenters. The number of carbonyl (C=O) groups excluding carboxylic acids is 2. The van der Waals surface area contributed by atoms with Gasteiger partial charge in [-0.3, -0.25) is 14.9 Å². The topological polar surface area (TPSA) is 88.9 Å². The van der Waals surface area contributed by atoms with E-state index in [2.05, 4.69) is 26.0 Å². The van der Waals surface area contributed by atoms with Gasteiger partial charge in [0.1, 0.15) is 0 Å². The lowest BCUT2D eigenvalue weighted by atomic mass is 9.48. The molecular weight excluding hydrogens is 398 g/mol. The predicted octanol–water partition coefficient (Wildman–Crippen LogP) is 3.24. The van der Waals surface area contributed by atoms with Gasteiger partial charge in [-0.25, -0.2) is 9.97 Å². The largest absolute Gasteiger partial charge is 0.348 e. The van der Waals surface area contributed by atoms with Crippen LogP contribution in [0.25, 0.3) is 0 Å². The molecule has 4 aliphatic rings. The van der Waals surface area contributed by atoms with Gasteiger partial charge in [-0.05, 0) is 74.5 Å². The number of rotatable bonds is 7. The monoisotopic (exact) mass is 427 g/mol. The molecule has 4 aliphatic carbocycles. The SMILES string of the molecule is O=C(NCCCn1ccnc1)C(=O)Nc1nc(CC23CC4CC(CC(C4)C2)C3)cs1. The zero-order valence-electron chi connectivity index (χ0n) is 17.2. The first-order valence-electron chi connectivity index (χ1n) is 11.1. The van der Waals surface area contributed by atoms with Gasteiger partial charge in [0.25, 0.3) is 0 Å². The second kappa shape index (κ2) is 8.13. The smallest absolute Gasteiger partial charge is 0.315 e. The van der Waals surface area contributed by atoms with Gasteiger partial charge >= 0.3 is 11.8 Å². The third kappa shape index (κ3) is 4.29. The Labute approximate surface area is 180 Å². The molecule has 8 heteroatoms. The molecule has 2 N–H and O–H groups in total. The minimum Gasteiger partial charge on any atom is -0.348 e. The summed E-state index contributed by atoms with van der Waals surface area (Å²) in [6.45, 7) is 1.20. The maximum atomic E-state index is 12.2. The third-order valence-corrected chi connectivity index (χ3v) is 7.94. The fraction of sp³-hybridized carbons (Fsp3) is 0.636. The number of imidazole rings is 1. The van der Waals surface area contributed by atoms with Gasteiger partial charge in [0, 0.05) is 30.9 Å². The second-order valence-corrected chi connectivity index (χ2v) is 10.5. The van der Waals surface area contributed by atoms with E-state index in [1.54, 1.807) is 12.5 Å². The average Bonchev–Trinajstić information content (AvgIpc) is 3.35. The van der Waals surface area contributed by atoms with Crippen molar-refractivity contribution in [2.75, 3.05) is 11.9 Å². The molecule has 0 aromatic carbocycles. The number of hydrogen-bond acceptors (Lipinski definition) is 5. The van der Waals surface area contributed by atoms with Gasteiger partial charge in [0.15, 0.2) is 5.13 Å². The van der Waals surface area contributed by atoms with E-state index in [1.807, 2.05) is 10.8 Å². The lowest BCUT2D eigenvalue weighted by molar-refractivity contribution is -0.136. The van der Waals surface area contributed by atoms with Gasteiger partial charge in [0.2, 0.25) is 0 Å². The summed E-state index contributed by atoms with van der Waals surface area (Å²) in [6, 6.07) is 0. The Bertz CT molecular complexity index is 871. The molecule has 4 saturated carbocycles. The zero-order chi connectivity index (χ0) is 20.6. The number of aromatic nitrogens is 3. The maximum absolute atomic E-state index is 12.2. The quantitative estimate of drug-likeness (QED) is 0.524. The van der Waals surface area contributed by atoms with Crippen LogP contribution < -0.4 is 10.6 Å². The van der Waals surface area contributed by atoms with Crippen LogP contribution in [0.2, 0.25) is 0 Å². The molecule has 4 fully saturated rings. The van der Waals surface area contributed by atoms with Gasteiger partial charge in [-0.15, -0.1) is 11.3 Å². The molecule has 6 rings (SSSR count). The van der Waals surface area contributed by atoms with E-state index in [-0.39, 0.29) is 0 Å². The highest BCUT2D eigenvalue weighted by atomic mass is 32.1. The van der Waals surface area contributed by atoms with Crippen LogP contribution in [0.4, 0.5) is 5.13 Å². The normalized spacial score (nSPS) is 29.1. The highest BCUT2D eigenvalue weighted by Crippen LogP contribution is 2.61. The Morgan fingerprint density at radius 3 is 2.53 bits per heavy atom. The van der Waals surface area contributed by atoms with Crippen LogP contribution in [-0.2, 0) is 22.6 Å². The number of nitrogens with zero attached hydrogens (tertiary/aromatic N) is 3. The molecule has 2 heterocycles. The van der Waals surface area contributed by atoms with E-state index in [1.165, 1.54) is 49.9 Å². The summed E-state index contributed by atoms with van der Waals surface area (Å²) in [5.41, 5.74) is 1.49. The molecule has 2 aromatic heterocycles. The van der Waals surface area contributed by atoms with Crippen molar-refractivity contribution in [3.63, 3.8) is 0 Å². The molecule has 0 saturated heterocycles. The van der Waals surface area contributed by atoms with Crippen molar-refractivity contribution in [1.82, 2.24) is 19.9 Å². The molecule has 4 bridgehead atoms. The number of nitrogens with one attached hydrogen (secondary N) is 2. The molecule has 160 valence electrons. The van der Waals surface area contributed by atoms with Crippen LogP contribution >= 0.6 is 11.3 Å². The fourth-order valence-corrected chi connectivity index (χ4v) is 7.16. The molecule has 7 nitrogen and oxygen atoms in total. The van der Waals surface area contributed by atoms with Crippen molar-refractivity contribution in [3.8, 4) is 0 Å². The summed E-state index contributed by atoms with van der Waals surface area (Å²) in [4.78, 5) is 32.8. The molecule has 2 aromatic rings. The van der Waals surface area contributed by atoms with Crippen molar-refractivity contribution in [3.05, 3.63) is 29.8 Å². The molecule has 0 aliphatic heterocycles. The van der Waals surface area contributed by atoms with Crippen LogP contribution in [0.5, 0.6) is 0 Å². The van der Waals surface area contributed by atoms with Crippen LogP contribution in [0.3, 0.4) is 0 Å². The van der Waals surface area contributed by atoms with Crippen LogP contribution in [0.1, 0.15) is 50.6 Å². The van der Waals surface area contributed by atoms with Gasteiger partial charge in [0.05, 0.1) is 12.0 Å². The standard InChI is InChI=1S/C22H29N5O2S/c28-19(24-2-1-4-27-5-3-23-14-27)20(29)26-21-25-18(13-30-21)12-22-9-15-6-16(10-22)8-17(7-15)11-22/h3,5,13-17H,1-2,4,6-12H2,(H,24,28)(H,25,26,29). The first-order valence-corrected chi connectivity index (χ1v) is 11.9. The number of aryl methyl sites for hydroxylation is 1. The highest BCUT2D eigenvalue weighted by Gasteiger charge is 2.50. The average molecular weight is 428 g/mol. The summed E-state index contributed by atoms with van der Waals surface area (Å²) in [7, 11) is 0. The highest BCUT2D eigenvalue weighted by molar-refractivity contribution is 7.14. The number of anilines is 1. The Hall–Kier alpha value is -2.22. The lowest BCUT2D eigenvalue weighted by Gasteiger charge is -2.56. The predicted molar refractivity (Wildman–Crippen MR) is 115 cm³/mol. The van der Waals surface area contributed by atoms with E-state index in [9.17, 15) is 9.59 Å². The van der Waals surface area contributed by atoms with Crippen molar-refractivity contribution in [2.45, 2.75) is 57.9 Å². The minimum atomic E-state index is -0.645. The summed E-state index contributed by atoms with van der Waals surface area (Å²) in [6.07, 6.45) is 15.4. The van der Waals surface area contributed by atoms with E-state index < -0.39 is 11.8 Å². The summed E-state index contributed by atoms with van der Waals surface area (Å²) < 4.78 is 1.94. The van der Waals surface area contributed by atoms with Crippen molar-refractivity contribution >= 4 is 28.3 Å². The molecular formula is C22H29N5O2S. The molecule has 30 heavy (non-hydrogen) atoms. The van der Waals surface area contributed by atoms with E-state index in [0.717, 1.165) is 42.8 Å². The Morgan fingerprint density at radius 2 is 1.87 bits per heavy atom. The van der Waals surface area contributed by atoms with Gasteiger partial charge < -0.3 is 9.88 Å². The number of amides is 2. The van der Waals surface area contributed by atoms with E-state index >= 15 is 0 Å². The van der Waals surface area contributed by atoms with Gasteiger partial charge in [-0.2, -0.15) is 0 Å². The van der Waals surface area contributed by atoms with Crippen molar-refractivity contribution in [2.24, 2.45) is 23.2 Å². The van der Waals surface area contributed by atoms with Crippen LogP contribution in [-0.4, -0.2) is 32.9 Å². The maximum Gasteiger partial charge on any atom is 0.315 e. The summed E-state index contributed by atoms with van der Waals surface area (Å²) in [5, 5.41) is 7.91. The number of thiazole rings is 1. The van der Waals surface area contributed by atoms with Crippen LogP contribution in [0.15, 0.2) is 24.1 Å². The number of hydrogen-bond donors (Lipinski definition) is 2. The van der Waals surface area contributed by atoms with Crippen molar-refractivity contribution < 1.29 is 9.59 Å². The lowest BCUT2D eigenvalue weighted by Crippen LogP contribution is -2.47. The first-order chi connectivity index (χ1) is 14.6. The molecule has 2 amide bonds. The Kier molecular flexibility index (Phi) is 5.35. The van der Waals surface area contributed by atoms with Gasteiger partial charge in [-0.1, -0.05) is 0 Å². The molecule has 0 spiro atoms. The molecule has 0 radical (unpaired) electrons. The van der Waals surface area contributed by atoms with Crippen molar-refractivity contribution in [1.29, 1.82) is 0 Å². The minimum absolute atomic E-state index is 0.427. The fourth-order valence-electron chi connectivity index (χ4n) is 6.45. The first kappa shape index (κ1) is 19.7. The number of carbonyl (C=O) groups is 2. The second-order valence-electron chi connectivity index (χ2n) is 9.60. The van der Waals surface area contributed by atoms with E-state index in [0.29, 0.717) is 17.1 Å².